The normalized spacial score (nSPS) is 13.5. The Labute approximate surface area is 193 Å². The molecule has 1 saturated heterocycles. The van der Waals surface area contributed by atoms with Gasteiger partial charge in [-0.3, -0.25) is 28.8 Å². The van der Waals surface area contributed by atoms with Crippen molar-refractivity contribution >= 4 is 28.9 Å². The topological polar surface area (TPSA) is 169 Å². The number of carbonyl (C=O) groups excluding carboxylic acids is 2. The summed E-state index contributed by atoms with van der Waals surface area (Å²) >= 11 is 0. The summed E-state index contributed by atoms with van der Waals surface area (Å²) in [6.45, 7) is 2.90. The van der Waals surface area contributed by atoms with Gasteiger partial charge in [-0.05, 0) is 12.5 Å². The number of nitro benzene ring substituents is 1. The highest BCUT2D eigenvalue weighted by Crippen LogP contribution is 2.27. The van der Waals surface area contributed by atoms with Crippen molar-refractivity contribution in [2.75, 3.05) is 43.5 Å². The number of aromatic nitrogens is 2. The Bertz CT molecular complexity index is 1240. The number of nitro groups is 1. The molecule has 2 N–H and O–H groups in total. The molecule has 1 fully saturated rings. The van der Waals surface area contributed by atoms with Gasteiger partial charge in [-0.25, -0.2) is 9.59 Å². The molecule has 0 bridgehead atoms. The maximum Gasteiger partial charge on any atom is 0.340 e. The number of anilines is 2. The number of hydrogen-bond donors (Lipinski definition) is 1. The number of nitrogens with two attached hydrogens (primary N) is 1. The van der Waals surface area contributed by atoms with Crippen molar-refractivity contribution in [2.45, 2.75) is 19.9 Å². The second-order valence-electron chi connectivity index (χ2n) is 7.62. The highest BCUT2D eigenvalue weighted by molar-refractivity contribution is 6.03. The van der Waals surface area contributed by atoms with Gasteiger partial charge in [0.1, 0.15) is 11.4 Å². The summed E-state index contributed by atoms with van der Waals surface area (Å²) in [5, 5.41) is 11.2. The molecule has 182 valence electrons. The lowest BCUT2D eigenvalue weighted by Gasteiger charge is -2.30. The highest BCUT2D eigenvalue weighted by Gasteiger charge is 2.26. The molecule has 34 heavy (non-hydrogen) atoms. The number of Topliss-reactive ketones (excluding diaryl/α,β-unsaturated/α-hetero) is 1. The second-order valence-corrected chi connectivity index (χ2v) is 7.62. The lowest BCUT2D eigenvalue weighted by Crippen LogP contribution is -2.43. The van der Waals surface area contributed by atoms with Crippen LogP contribution in [0.3, 0.4) is 0 Å². The molecule has 0 spiro atoms. The quantitative estimate of drug-likeness (QED) is 0.243. The largest absolute Gasteiger partial charge is 0.454 e. The van der Waals surface area contributed by atoms with Crippen LogP contribution in [0.15, 0.2) is 27.8 Å². The first-order chi connectivity index (χ1) is 16.2. The standard InChI is InChI=1S/C21H25N5O8/c1-3-6-25-18(22)17(19(28)23(2)21(25)30)16(27)12-34-20(29)14-11-13(26(31)32)4-5-15(14)24-7-9-33-10-8-24/h4-5,11H,3,6-10,12,22H2,1-2H3. The number of hydrogen-bond acceptors (Lipinski definition) is 10. The number of nitrogens with zero attached hydrogens (tertiary/aromatic N) is 4. The second kappa shape index (κ2) is 10.3. The minimum Gasteiger partial charge on any atom is -0.454 e. The molecule has 1 aromatic carbocycles. The van der Waals surface area contributed by atoms with E-state index in [4.69, 9.17) is 15.2 Å². The molecular formula is C21H25N5O8. The third-order valence-electron chi connectivity index (χ3n) is 5.41. The van der Waals surface area contributed by atoms with Crippen molar-refractivity contribution in [3.63, 3.8) is 0 Å². The van der Waals surface area contributed by atoms with Gasteiger partial charge < -0.3 is 20.1 Å². The van der Waals surface area contributed by atoms with Gasteiger partial charge in [-0.2, -0.15) is 0 Å². The number of non-ortho nitro benzene ring substituents is 1. The number of benzene rings is 1. The Balaban J connectivity index is 1.89. The molecule has 13 nitrogen and oxygen atoms in total. The van der Waals surface area contributed by atoms with Gasteiger partial charge in [0.25, 0.3) is 11.2 Å². The van der Waals surface area contributed by atoms with E-state index >= 15 is 0 Å². The minimum absolute atomic E-state index is 0.0965. The maximum atomic E-state index is 12.9. The van der Waals surface area contributed by atoms with E-state index in [1.165, 1.54) is 19.2 Å². The molecule has 13 heteroatoms. The van der Waals surface area contributed by atoms with Gasteiger partial charge in [0.15, 0.2) is 6.61 Å². The first-order valence-corrected chi connectivity index (χ1v) is 10.6. The summed E-state index contributed by atoms with van der Waals surface area (Å²) in [4.78, 5) is 62.8. The first kappa shape index (κ1) is 24.6. The van der Waals surface area contributed by atoms with Crippen LogP contribution >= 0.6 is 0 Å². The Morgan fingerprint density at radius 3 is 2.53 bits per heavy atom. The van der Waals surface area contributed by atoms with E-state index < -0.39 is 40.1 Å². The molecule has 0 atom stereocenters. The lowest BCUT2D eigenvalue weighted by molar-refractivity contribution is -0.384. The fraction of sp³-hybridized carbons (Fsp3) is 0.429. The van der Waals surface area contributed by atoms with Gasteiger partial charge in [-0.15, -0.1) is 0 Å². The van der Waals surface area contributed by atoms with Crippen LogP contribution in [-0.2, 0) is 23.1 Å². The van der Waals surface area contributed by atoms with Crippen molar-refractivity contribution < 1.29 is 24.0 Å². The summed E-state index contributed by atoms with van der Waals surface area (Å²) < 4.78 is 12.3. The molecule has 2 aromatic rings. The smallest absolute Gasteiger partial charge is 0.340 e. The van der Waals surface area contributed by atoms with Crippen LogP contribution in [0, 0.1) is 10.1 Å². The number of ketones is 1. The van der Waals surface area contributed by atoms with Gasteiger partial charge in [0, 0.05) is 38.8 Å². The SMILES string of the molecule is CCCn1c(N)c(C(=O)COC(=O)c2cc([N+](=O)[O-])ccc2N2CCOCC2)c(=O)n(C)c1=O. The van der Waals surface area contributed by atoms with E-state index in [9.17, 15) is 29.3 Å². The monoisotopic (exact) mass is 475 g/mol. The number of esters is 1. The number of nitrogen functional groups attached to an aromatic ring is 1. The van der Waals surface area contributed by atoms with Crippen molar-refractivity contribution in [1.82, 2.24) is 9.13 Å². The average Bonchev–Trinajstić information content (AvgIpc) is 2.84. The van der Waals surface area contributed by atoms with E-state index in [2.05, 4.69) is 0 Å². The maximum absolute atomic E-state index is 12.9. The summed E-state index contributed by atoms with van der Waals surface area (Å²) in [7, 11) is 1.22. The Morgan fingerprint density at radius 1 is 1.24 bits per heavy atom. The van der Waals surface area contributed by atoms with E-state index in [1.807, 2.05) is 4.90 Å². The summed E-state index contributed by atoms with van der Waals surface area (Å²) in [6, 6.07) is 3.79. The van der Waals surface area contributed by atoms with Gasteiger partial charge in [0.05, 0.1) is 29.4 Å². The Kier molecular flexibility index (Phi) is 7.46. The van der Waals surface area contributed by atoms with Crippen molar-refractivity contribution in [3.8, 4) is 0 Å². The molecule has 0 radical (unpaired) electrons. The van der Waals surface area contributed by atoms with E-state index in [-0.39, 0.29) is 23.6 Å². The van der Waals surface area contributed by atoms with Crippen LogP contribution in [0.25, 0.3) is 0 Å². The molecule has 2 heterocycles. The summed E-state index contributed by atoms with van der Waals surface area (Å²) in [6.07, 6.45) is 0.530. The molecule has 1 aromatic heterocycles. The van der Waals surface area contributed by atoms with Crippen molar-refractivity contribution in [1.29, 1.82) is 0 Å². The molecule has 3 rings (SSSR count). The molecule has 0 amide bonds. The zero-order chi connectivity index (χ0) is 25.0. The number of rotatable bonds is 8. The summed E-state index contributed by atoms with van der Waals surface area (Å²) in [5.41, 5.74) is 3.89. The average molecular weight is 475 g/mol. The van der Waals surface area contributed by atoms with Crippen LogP contribution in [0.2, 0.25) is 0 Å². The fourth-order valence-corrected chi connectivity index (χ4v) is 3.65. The van der Waals surface area contributed by atoms with Crippen molar-refractivity contribution in [2.24, 2.45) is 7.05 Å². The zero-order valence-corrected chi connectivity index (χ0v) is 18.8. The van der Waals surface area contributed by atoms with Crippen LogP contribution in [0.5, 0.6) is 0 Å². The minimum atomic E-state index is -0.976. The predicted molar refractivity (Wildman–Crippen MR) is 121 cm³/mol. The fourth-order valence-electron chi connectivity index (χ4n) is 3.65. The molecule has 1 aliphatic heterocycles. The van der Waals surface area contributed by atoms with Crippen molar-refractivity contribution in [3.05, 3.63) is 60.3 Å². The van der Waals surface area contributed by atoms with Gasteiger partial charge in [0.2, 0.25) is 5.78 Å². The van der Waals surface area contributed by atoms with E-state index in [0.717, 1.165) is 15.2 Å². The third kappa shape index (κ3) is 4.83. The van der Waals surface area contributed by atoms with Gasteiger partial charge in [-0.1, -0.05) is 6.92 Å². The molecule has 0 unspecified atom stereocenters. The third-order valence-corrected chi connectivity index (χ3v) is 5.41. The van der Waals surface area contributed by atoms with Crippen LogP contribution in [-0.4, -0.2) is 58.7 Å². The molecule has 0 saturated carbocycles. The number of ether oxygens (including phenoxy) is 2. The summed E-state index contributed by atoms with van der Waals surface area (Å²) in [5.74, 6) is -2.18. The number of carbonyl (C=O) groups is 2. The zero-order valence-electron chi connectivity index (χ0n) is 18.8. The molecule has 1 aliphatic rings. The Morgan fingerprint density at radius 2 is 1.91 bits per heavy atom. The van der Waals surface area contributed by atoms with E-state index in [1.54, 1.807) is 6.92 Å². The van der Waals surface area contributed by atoms with E-state index in [0.29, 0.717) is 38.4 Å². The Hall–Kier alpha value is -4.00. The first-order valence-electron chi connectivity index (χ1n) is 10.6. The number of morpholine rings is 1. The van der Waals surface area contributed by atoms with Gasteiger partial charge >= 0.3 is 11.7 Å². The predicted octanol–water partition coefficient (Wildman–Crippen LogP) is 0.324. The molecular weight excluding hydrogens is 450 g/mol. The lowest BCUT2D eigenvalue weighted by atomic mass is 10.1. The van der Waals surface area contributed by atoms with Crippen LogP contribution in [0.1, 0.15) is 34.1 Å². The highest BCUT2D eigenvalue weighted by atomic mass is 16.6. The van der Waals surface area contributed by atoms with Crippen LogP contribution < -0.4 is 21.9 Å². The molecule has 0 aliphatic carbocycles. The van der Waals surface area contributed by atoms with Crippen LogP contribution in [0.4, 0.5) is 17.2 Å².